The highest BCUT2D eigenvalue weighted by Crippen LogP contribution is 2.30. The zero-order valence-corrected chi connectivity index (χ0v) is 18.3. The van der Waals surface area contributed by atoms with Gasteiger partial charge in [0.15, 0.2) is 5.75 Å². The lowest BCUT2D eigenvalue weighted by molar-refractivity contribution is -0.120. The van der Waals surface area contributed by atoms with Crippen LogP contribution in [0, 0.1) is 0 Å². The minimum Gasteiger partial charge on any atom is -0.455 e. The summed E-state index contributed by atoms with van der Waals surface area (Å²) in [6.07, 6.45) is 0. The molecule has 0 bridgehead atoms. The molecule has 0 fully saturated rings. The SMILES string of the molecule is O=C(CNC(=O)c1ccc(S(=O)(=O)Nc2ccccc2Oc2ccccc2)cc1)NCCO. The Hall–Kier alpha value is -3.89. The summed E-state index contributed by atoms with van der Waals surface area (Å²) in [5, 5.41) is 13.5. The Kier molecular flexibility index (Phi) is 8.01. The fraction of sp³-hybridized carbons (Fsp3) is 0.130. The van der Waals surface area contributed by atoms with E-state index in [4.69, 9.17) is 9.84 Å². The smallest absolute Gasteiger partial charge is 0.262 e. The number of para-hydroxylation sites is 3. The fourth-order valence-corrected chi connectivity index (χ4v) is 3.84. The third-order valence-corrected chi connectivity index (χ3v) is 5.75. The van der Waals surface area contributed by atoms with Gasteiger partial charge in [-0.05, 0) is 48.5 Å². The summed E-state index contributed by atoms with van der Waals surface area (Å²) in [4.78, 5) is 23.6. The molecule has 0 aromatic heterocycles. The number of hydrogen-bond donors (Lipinski definition) is 4. The van der Waals surface area contributed by atoms with Gasteiger partial charge in [0.05, 0.1) is 23.7 Å². The van der Waals surface area contributed by atoms with Crippen LogP contribution in [0.3, 0.4) is 0 Å². The average molecular weight is 470 g/mol. The molecule has 0 saturated heterocycles. The zero-order valence-electron chi connectivity index (χ0n) is 17.5. The molecule has 0 radical (unpaired) electrons. The number of anilines is 1. The number of benzene rings is 3. The summed E-state index contributed by atoms with van der Waals surface area (Å²) in [5.74, 6) is -0.0860. The van der Waals surface area contributed by atoms with Gasteiger partial charge in [-0.1, -0.05) is 30.3 Å². The maximum atomic E-state index is 12.9. The maximum Gasteiger partial charge on any atom is 0.262 e. The number of sulfonamides is 1. The standard InChI is InChI=1S/C23H23N3O6S/c27-15-14-24-22(28)16-25-23(29)17-10-12-19(13-11-17)33(30,31)26-20-8-4-5-9-21(20)32-18-6-2-1-3-7-18/h1-13,26-27H,14-16H2,(H,24,28)(H,25,29). The molecule has 2 amide bonds. The first kappa shape index (κ1) is 23.8. The van der Waals surface area contributed by atoms with E-state index in [1.54, 1.807) is 48.5 Å². The number of ether oxygens (including phenoxy) is 1. The van der Waals surface area contributed by atoms with E-state index in [0.29, 0.717) is 11.5 Å². The molecule has 10 heteroatoms. The molecule has 4 N–H and O–H groups in total. The third kappa shape index (κ3) is 6.79. The minimum absolute atomic E-state index is 0.0470. The second-order valence-corrected chi connectivity index (χ2v) is 8.48. The first-order valence-corrected chi connectivity index (χ1v) is 11.5. The molecule has 0 aliphatic carbocycles. The van der Waals surface area contributed by atoms with Crippen LogP contribution in [0.2, 0.25) is 0 Å². The molecule has 0 spiro atoms. The van der Waals surface area contributed by atoms with Gasteiger partial charge in [-0.15, -0.1) is 0 Å². The van der Waals surface area contributed by atoms with E-state index in [9.17, 15) is 18.0 Å². The van der Waals surface area contributed by atoms with Crippen molar-refractivity contribution in [1.82, 2.24) is 10.6 Å². The number of hydrogen-bond acceptors (Lipinski definition) is 6. The molecule has 33 heavy (non-hydrogen) atoms. The number of nitrogens with one attached hydrogen (secondary N) is 3. The van der Waals surface area contributed by atoms with Crippen molar-refractivity contribution in [2.24, 2.45) is 0 Å². The molecule has 3 aromatic carbocycles. The molecular weight excluding hydrogens is 446 g/mol. The number of carbonyl (C=O) groups is 2. The van der Waals surface area contributed by atoms with Crippen LogP contribution in [-0.4, -0.2) is 45.0 Å². The average Bonchev–Trinajstić information content (AvgIpc) is 2.83. The molecule has 172 valence electrons. The monoisotopic (exact) mass is 469 g/mol. The van der Waals surface area contributed by atoms with Crippen molar-refractivity contribution >= 4 is 27.5 Å². The molecule has 0 unspecified atom stereocenters. The van der Waals surface area contributed by atoms with E-state index < -0.39 is 21.8 Å². The predicted molar refractivity (Wildman–Crippen MR) is 123 cm³/mol. The van der Waals surface area contributed by atoms with Gasteiger partial charge >= 0.3 is 0 Å². The number of amides is 2. The summed E-state index contributed by atoms with van der Waals surface area (Å²) >= 11 is 0. The summed E-state index contributed by atoms with van der Waals surface area (Å²) in [5.41, 5.74) is 0.453. The molecule has 0 aliphatic rings. The van der Waals surface area contributed by atoms with E-state index in [1.165, 1.54) is 24.3 Å². The van der Waals surface area contributed by atoms with Gasteiger partial charge in [-0.25, -0.2) is 8.42 Å². The molecule has 9 nitrogen and oxygen atoms in total. The topological polar surface area (TPSA) is 134 Å². The van der Waals surface area contributed by atoms with Gasteiger partial charge in [-0.3, -0.25) is 14.3 Å². The predicted octanol–water partition coefficient (Wildman–Crippen LogP) is 2.12. The highest BCUT2D eigenvalue weighted by Gasteiger charge is 2.18. The van der Waals surface area contributed by atoms with Crippen LogP contribution >= 0.6 is 0 Å². The second-order valence-electron chi connectivity index (χ2n) is 6.80. The van der Waals surface area contributed by atoms with E-state index >= 15 is 0 Å². The lowest BCUT2D eigenvalue weighted by atomic mass is 10.2. The second kappa shape index (κ2) is 11.1. The first-order valence-electron chi connectivity index (χ1n) is 9.99. The third-order valence-electron chi connectivity index (χ3n) is 4.37. The van der Waals surface area contributed by atoms with Gasteiger partial charge in [0.1, 0.15) is 5.75 Å². The summed E-state index contributed by atoms with van der Waals surface area (Å²) in [6.45, 7) is -0.376. The van der Waals surface area contributed by atoms with Crippen molar-refractivity contribution in [2.45, 2.75) is 4.90 Å². The number of aliphatic hydroxyl groups excluding tert-OH is 1. The highest BCUT2D eigenvalue weighted by atomic mass is 32.2. The lowest BCUT2D eigenvalue weighted by Crippen LogP contribution is -2.37. The Morgan fingerprint density at radius 2 is 1.52 bits per heavy atom. The van der Waals surface area contributed by atoms with Crippen LogP contribution in [0.1, 0.15) is 10.4 Å². The van der Waals surface area contributed by atoms with E-state index in [-0.39, 0.29) is 35.8 Å². The number of carbonyl (C=O) groups excluding carboxylic acids is 2. The van der Waals surface area contributed by atoms with E-state index in [2.05, 4.69) is 15.4 Å². The van der Waals surface area contributed by atoms with Crippen molar-refractivity contribution in [1.29, 1.82) is 0 Å². The Balaban J connectivity index is 1.68. The van der Waals surface area contributed by atoms with E-state index in [0.717, 1.165) is 0 Å². The Labute approximate surface area is 191 Å². The quantitative estimate of drug-likeness (QED) is 0.359. The van der Waals surface area contributed by atoms with Gasteiger partial charge in [-0.2, -0.15) is 0 Å². The van der Waals surface area contributed by atoms with Crippen molar-refractivity contribution < 1.29 is 27.9 Å². The van der Waals surface area contributed by atoms with Crippen molar-refractivity contribution in [3.05, 3.63) is 84.4 Å². The van der Waals surface area contributed by atoms with Crippen molar-refractivity contribution in [3.8, 4) is 11.5 Å². The van der Waals surface area contributed by atoms with Crippen molar-refractivity contribution in [2.75, 3.05) is 24.4 Å². The molecular formula is C23H23N3O6S. The molecule has 0 aliphatic heterocycles. The first-order chi connectivity index (χ1) is 15.9. The van der Waals surface area contributed by atoms with Crippen LogP contribution in [0.4, 0.5) is 5.69 Å². The summed E-state index contributed by atoms with van der Waals surface area (Å²) in [7, 11) is -3.96. The molecule has 3 aromatic rings. The van der Waals surface area contributed by atoms with Crippen LogP contribution < -0.4 is 20.1 Å². The fourth-order valence-electron chi connectivity index (χ4n) is 2.77. The van der Waals surface area contributed by atoms with Gasteiger partial charge in [0, 0.05) is 12.1 Å². The molecule has 0 atom stereocenters. The van der Waals surface area contributed by atoms with E-state index in [1.807, 2.05) is 6.07 Å². The van der Waals surface area contributed by atoms with Crippen LogP contribution in [0.25, 0.3) is 0 Å². The number of aliphatic hydroxyl groups is 1. The lowest BCUT2D eigenvalue weighted by Gasteiger charge is -2.13. The molecule has 0 heterocycles. The molecule has 0 saturated carbocycles. The molecule has 3 rings (SSSR count). The Morgan fingerprint density at radius 3 is 2.21 bits per heavy atom. The van der Waals surface area contributed by atoms with Crippen LogP contribution in [-0.2, 0) is 14.8 Å². The van der Waals surface area contributed by atoms with Gasteiger partial charge in [0.25, 0.3) is 15.9 Å². The Bertz CT molecular complexity index is 1200. The summed E-state index contributed by atoms with van der Waals surface area (Å²) in [6, 6.07) is 20.9. The van der Waals surface area contributed by atoms with Crippen LogP contribution in [0.5, 0.6) is 11.5 Å². The maximum absolute atomic E-state index is 12.9. The van der Waals surface area contributed by atoms with Gasteiger partial charge < -0.3 is 20.5 Å². The highest BCUT2D eigenvalue weighted by molar-refractivity contribution is 7.92. The Morgan fingerprint density at radius 1 is 0.848 bits per heavy atom. The zero-order chi connectivity index (χ0) is 23.7. The van der Waals surface area contributed by atoms with Gasteiger partial charge in [0.2, 0.25) is 5.91 Å². The minimum atomic E-state index is -3.96. The normalized spacial score (nSPS) is 10.8. The number of rotatable bonds is 10. The van der Waals surface area contributed by atoms with Crippen molar-refractivity contribution in [3.63, 3.8) is 0 Å². The largest absolute Gasteiger partial charge is 0.455 e. The van der Waals surface area contributed by atoms with Crippen LogP contribution in [0.15, 0.2) is 83.8 Å². The summed E-state index contributed by atoms with van der Waals surface area (Å²) < 4.78 is 34.0.